The third-order valence-corrected chi connectivity index (χ3v) is 6.85. The van der Waals surface area contributed by atoms with E-state index in [1.165, 1.54) is 0 Å². The summed E-state index contributed by atoms with van der Waals surface area (Å²) in [6, 6.07) is 5.12. The third-order valence-electron chi connectivity index (χ3n) is 4.81. The first-order valence-corrected chi connectivity index (χ1v) is 11.0. The van der Waals surface area contributed by atoms with Gasteiger partial charge in [-0.3, -0.25) is 4.79 Å². The average molecular weight is 381 g/mol. The van der Waals surface area contributed by atoms with E-state index in [0.29, 0.717) is 36.7 Å². The lowest BCUT2D eigenvalue weighted by Crippen LogP contribution is -2.40. The van der Waals surface area contributed by atoms with Gasteiger partial charge in [0.05, 0.1) is 4.90 Å². The molecule has 0 spiro atoms. The second-order valence-electron chi connectivity index (χ2n) is 7.89. The highest BCUT2D eigenvalue weighted by atomic mass is 32.2. The number of hydrogen-bond acceptors (Lipinski definition) is 3. The van der Waals surface area contributed by atoms with E-state index in [1.807, 2.05) is 18.7 Å². The zero-order chi connectivity index (χ0) is 19.5. The molecule has 1 aliphatic heterocycles. The molecule has 0 radical (unpaired) electrons. The number of nitrogens with zero attached hydrogens (tertiary/aromatic N) is 2. The molecule has 1 aliphatic rings. The van der Waals surface area contributed by atoms with Crippen LogP contribution in [0, 0.1) is 12.8 Å². The molecule has 2 rings (SSSR count). The number of carbonyl (C=O) groups is 1. The highest BCUT2D eigenvalue weighted by molar-refractivity contribution is 7.89. The van der Waals surface area contributed by atoms with Crippen LogP contribution in [0.5, 0.6) is 0 Å². The lowest BCUT2D eigenvalue weighted by Gasteiger charge is -2.29. The maximum Gasteiger partial charge on any atom is 0.254 e. The minimum absolute atomic E-state index is 0.0633. The molecule has 1 aromatic rings. The van der Waals surface area contributed by atoms with Gasteiger partial charge in [-0.05, 0) is 57.2 Å². The fraction of sp³-hybridized carbons (Fsp3) is 0.650. The Kier molecular flexibility index (Phi) is 6.86. The number of rotatable bonds is 6. The van der Waals surface area contributed by atoms with E-state index in [-0.39, 0.29) is 16.8 Å². The number of piperidine rings is 1. The van der Waals surface area contributed by atoms with Crippen LogP contribution in [-0.2, 0) is 10.0 Å². The summed E-state index contributed by atoms with van der Waals surface area (Å²) in [6.07, 6.45) is 2.86. The van der Waals surface area contributed by atoms with Gasteiger partial charge in [-0.25, -0.2) is 8.42 Å². The van der Waals surface area contributed by atoms with E-state index < -0.39 is 10.0 Å². The Morgan fingerprint density at radius 3 is 2.27 bits per heavy atom. The van der Waals surface area contributed by atoms with E-state index in [9.17, 15) is 13.2 Å². The highest BCUT2D eigenvalue weighted by Crippen LogP contribution is 2.25. The number of sulfonamides is 1. The molecule has 0 unspecified atom stereocenters. The fourth-order valence-electron chi connectivity index (χ4n) is 3.34. The second-order valence-corrected chi connectivity index (χ2v) is 9.80. The summed E-state index contributed by atoms with van der Waals surface area (Å²) in [5.74, 6) is 0.243. The van der Waals surface area contributed by atoms with Crippen LogP contribution in [-0.4, -0.2) is 49.2 Å². The molecule has 1 saturated heterocycles. The van der Waals surface area contributed by atoms with Crippen LogP contribution >= 0.6 is 0 Å². The first kappa shape index (κ1) is 20.9. The summed E-state index contributed by atoms with van der Waals surface area (Å²) < 4.78 is 27.7. The molecule has 0 aliphatic carbocycles. The van der Waals surface area contributed by atoms with Crippen molar-refractivity contribution in [1.29, 1.82) is 0 Å². The van der Waals surface area contributed by atoms with Gasteiger partial charge in [0.15, 0.2) is 0 Å². The van der Waals surface area contributed by atoms with E-state index in [2.05, 4.69) is 13.8 Å². The molecule has 0 N–H and O–H groups in total. The molecule has 1 aromatic carbocycles. The van der Waals surface area contributed by atoms with Crippen molar-refractivity contribution < 1.29 is 13.2 Å². The molecular weight excluding hydrogens is 348 g/mol. The van der Waals surface area contributed by atoms with Gasteiger partial charge in [0.25, 0.3) is 5.91 Å². The minimum atomic E-state index is -3.56. The highest BCUT2D eigenvalue weighted by Gasteiger charge is 2.29. The predicted molar refractivity (Wildman–Crippen MR) is 105 cm³/mol. The van der Waals surface area contributed by atoms with E-state index in [0.717, 1.165) is 19.3 Å². The van der Waals surface area contributed by atoms with Gasteiger partial charge in [-0.2, -0.15) is 4.31 Å². The first-order chi connectivity index (χ1) is 12.1. The van der Waals surface area contributed by atoms with Crippen LogP contribution in [0.3, 0.4) is 0 Å². The maximum absolute atomic E-state index is 13.1. The molecule has 0 bridgehead atoms. The Morgan fingerprint density at radius 1 is 1.12 bits per heavy atom. The van der Waals surface area contributed by atoms with E-state index >= 15 is 0 Å². The Balaban J connectivity index is 2.38. The van der Waals surface area contributed by atoms with Crippen molar-refractivity contribution in [2.45, 2.75) is 64.8 Å². The van der Waals surface area contributed by atoms with Crippen LogP contribution in [0.15, 0.2) is 23.1 Å². The standard InChI is InChI=1S/C20H32N2O3S/c1-15(2)14-22(16(3)4)20(23)18-10-9-17(5)19(13-18)26(24,25)21-11-7-6-8-12-21/h9-10,13,15-16H,6-8,11-12,14H2,1-5H3. The Bertz CT molecular complexity index is 735. The second kappa shape index (κ2) is 8.53. The number of hydrogen-bond donors (Lipinski definition) is 0. The molecular formula is C20H32N2O3S. The lowest BCUT2D eigenvalue weighted by molar-refractivity contribution is 0.0681. The summed E-state index contributed by atoms with van der Waals surface area (Å²) in [4.78, 5) is 15.1. The largest absolute Gasteiger partial charge is 0.336 e. The van der Waals surface area contributed by atoms with Crippen LogP contribution in [0.1, 0.15) is 62.9 Å². The van der Waals surface area contributed by atoms with E-state index in [1.54, 1.807) is 29.4 Å². The maximum atomic E-state index is 13.1. The Labute approximate surface area is 158 Å². The summed E-state index contributed by atoms with van der Waals surface area (Å²) in [5, 5.41) is 0. The number of amides is 1. The Hall–Kier alpha value is -1.40. The molecule has 0 atom stereocenters. The number of benzene rings is 1. The zero-order valence-electron chi connectivity index (χ0n) is 16.7. The average Bonchev–Trinajstić information content (AvgIpc) is 2.59. The third kappa shape index (κ3) is 4.65. The van der Waals surface area contributed by atoms with Gasteiger partial charge >= 0.3 is 0 Å². The minimum Gasteiger partial charge on any atom is -0.336 e. The fourth-order valence-corrected chi connectivity index (χ4v) is 5.11. The van der Waals surface area contributed by atoms with Crippen LogP contribution < -0.4 is 0 Å². The van der Waals surface area contributed by atoms with Crippen molar-refractivity contribution in [2.75, 3.05) is 19.6 Å². The summed E-state index contributed by atoms with van der Waals surface area (Å²) in [7, 11) is -3.56. The van der Waals surface area contributed by atoms with Crippen molar-refractivity contribution in [1.82, 2.24) is 9.21 Å². The Morgan fingerprint density at radius 2 is 1.73 bits per heavy atom. The van der Waals surface area contributed by atoms with Crippen LogP contribution in [0.2, 0.25) is 0 Å². The summed E-state index contributed by atoms with van der Waals surface area (Å²) in [5.41, 5.74) is 1.13. The van der Waals surface area contributed by atoms with Gasteiger partial charge < -0.3 is 4.90 Å². The summed E-state index contributed by atoms with van der Waals surface area (Å²) >= 11 is 0. The quantitative estimate of drug-likeness (QED) is 0.756. The molecule has 6 heteroatoms. The van der Waals surface area contributed by atoms with Crippen molar-refractivity contribution in [3.8, 4) is 0 Å². The molecule has 1 amide bonds. The lowest BCUT2D eigenvalue weighted by atomic mass is 10.1. The van der Waals surface area contributed by atoms with Crippen LogP contribution in [0.4, 0.5) is 0 Å². The van der Waals surface area contributed by atoms with Crippen molar-refractivity contribution >= 4 is 15.9 Å². The number of aryl methyl sites for hydroxylation is 1. The molecule has 1 heterocycles. The summed E-state index contributed by atoms with van der Waals surface area (Å²) in [6.45, 7) is 11.7. The zero-order valence-corrected chi connectivity index (χ0v) is 17.5. The van der Waals surface area contributed by atoms with E-state index in [4.69, 9.17) is 0 Å². The number of carbonyl (C=O) groups excluding carboxylic acids is 1. The first-order valence-electron chi connectivity index (χ1n) is 9.56. The van der Waals surface area contributed by atoms with Crippen molar-refractivity contribution in [3.63, 3.8) is 0 Å². The van der Waals surface area contributed by atoms with Crippen molar-refractivity contribution in [2.24, 2.45) is 5.92 Å². The molecule has 0 aromatic heterocycles. The molecule has 26 heavy (non-hydrogen) atoms. The molecule has 5 nitrogen and oxygen atoms in total. The smallest absolute Gasteiger partial charge is 0.254 e. The van der Waals surface area contributed by atoms with Gasteiger partial charge in [0.2, 0.25) is 10.0 Å². The van der Waals surface area contributed by atoms with Gasteiger partial charge in [-0.15, -0.1) is 0 Å². The van der Waals surface area contributed by atoms with Crippen molar-refractivity contribution in [3.05, 3.63) is 29.3 Å². The van der Waals surface area contributed by atoms with Gasteiger partial charge in [0, 0.05) is 31.2 Å². The normalized spacial score (nSPS) is 16.3. The van der Waals surface area contributed by atoms with Gasteiger partial charge in [-0.1, -0.05) is 26.3 Å². The van der Waals surface area contributed by atoms with Crippen LogP contribution in [0.25, 0.3) is 0 Å². The predicted octanol–water partition coefficient (Wildman–Crippen LogP) is 3.68. The topological polar surface area (TPSA) is 57.7 Å². The molecule has 0 saturated carbocycles. The molecule has 1 fully saturated rings. The molecule has 146 valence electrons. The monoisotopic (exact) mass is 380 g/mol. The van der Waals surface area contributed by atoms with Gasteiger partial charge in [0.1, 0.15) is 0 Å². The SMILES string of the molecule is Cc1ccc(C(=O)N(CC(C)C)C(C)C)cc1S(=O)(=O)N1CCCCC1.